The highest BCUT2D eigenvalue weighted by molar-refractivity contribution is 9.10. The van der Waals surface area contributed by atoms with E-state index in [0.29, 0.717) is 11.5 Å². The number of ketones is 1. The van der Waals surface area contributed by atoms with Crippen molar-refractivity contribution in [3.63, 3.8) is 0 Å². The number of benzene rings is 2. The van der Waals surface area contributed by atoms with Crippen molar-refractivity contribution >= 4 is 27.7 Å². The quantitative estimate of drug-likeness (QED) is 0.528. The van der Waals surface area contributed by atoms with Crippen LogP contribution in [0.2, 0.25) is 0 Å². The topological polar surface area (TPSA) is 61.1 Å². The van der Waals surface area contributed by atoms with Crippen LogP contribution in [-0.4, -0.2) is 17.5 Å². The number of methoxy groups -OCH3 is 1. The first-order valence-corrected chi connectivity index (χ1v) is 8.56. The van der Waals surface area contributed by atoms with Gasteiger partial charge in [-0.1, -0.05) is 28.1 Å². The van der Waals surface area contributed by atoms with Crippen LogP contribution in [0.4, 0.5) is 5.95 Å². The standard InChI is InChI=1S/C19H18BrN3O2/c1-22-17(13-3-7-15(20)8-4-13)11-23(19(22)21)12-18(24)14-5-9-16(25-2)10-6-14/h3-11,21H,12H2,1-2H3/p+1. The lowest BCUT2D eigenvalue weighted by Crippen LogP contribution is -2.39. The van der Waals surface area contributed by atoms with Crippen LogP contribution in [-0.2, 0) is 13.6 Å². The first-order chi connectivity index (χ1) is 12.0. The van der Waals surface area contributed by atoms with Gasteiger partial charge in [-0.15, -0.1) is 0 Å². The Morgan fingerprint density at radius 2 is 1.80 bits per heavy atom. The van der Waals surface area contributed by atoms with Crippen LogP contribution in [0, 0.1) is 0 Å². The summed E-state index contributed by atoms with van der Waals surface area (Å²) >= 11 is 3.43. The number of halogens is 1. The van der Waals surface area contributed by atoms with E-state index in [-0.39, 0.29) is 12.3 Å². The molecule has 5 nitrogen and oxygen atoms in total. The molecule has 0 saturated carbocycles. The Morgan fingerprint density at radius 1 is 1.16 bits per heavy atom. The first kappa shape index (κ1) is 17.2. The zero-order valence-corrected chi connectivity index (χ0v) is 15.7. The molecule has 25 heavy (non-hydrogen) atoms. The van der Waals surface area contributed by atoms with E-state index < -0.39 is 0 Å². The number of imidazole rings is 1. The molecule has 1 heterocycles. The van der Waals surface area contributed by atoms with Crippen molar-refractivity contribution in [3.8, 4) is 17.0 Å². The highest BCUT2D eigenvalue weighted by atomic mass is 79.9. The lowest BCUT2D eigenvalue weighted by Gasteiger charge is -2.02. The van der Waals surface area contributed by atoms with E-state index in [4.69, 9.17) is 10.5 Å². The maximum Gasteiger partial charge on any atom is 0.355 e. The van der Waals surface area contributed by atoms with Gasteiger partial charge < -0.3 is 4.74 Å². The van der Waals surface area contributed by atoms with E-state index in [2.05, 4.69) is 15.9 Å². The van der Waals surface area contributed by atoms with E-state index in [9.17, 15) is 4.79 Å². The van der Waals surface area contributed by atoms with Gasteiger partial charge in [-0.3, -0.25) is 10.5 Å². The van der Waals surface area contributed by atoms with Crippen molar-refractivity contribution in [2.75, 3.05) is 12.8 Å². The summed E-state index contributed by atoms with van der Waals surface area (Å²) in [4.78, 5) is 12.5. The molecule has 0 aliphatic rings. The maximum atomic E-state index is 12.5. The molecule has 0 saturated heterocycles. The summed E-state index contributed by atoms with van der Waals surface area (Å²) in [5.74, 6) is 1.24. The molecule has 2 aromatic carbocycles. The third-order valence-corrected chi connectivity index (χ3v) is 4.67. The number of hydrogen-bond donors (Lipinski definition) is 1. The van der Waals surface area contributed by atoms with Crippen LogP contribution < -0.4 is 15.0 Å². The fourth-order valence-electron chi connectivity index (χ4n) is 2.65. The van der Waals surface area contributed by atoms with Crippen molar-refractivity contribution in [1.29, 1.82) is 0 Å². The third-order valence-electron chi connectivity index (χ3n) is 4.14. The molecular weight excluding hydrogens is 382 g/mol. The average Bonchev–Trinajstić information content (AvgIpc) is 2.91. The summed E-state index contributed by atoms with van der Waals surface area (Å²) in [6, 6.07) is 15.0. The molecule has 1 aromatic heterocycles. The van der Waals surface area contributed by atoms with Gasteiger partial charge in [0.15, 0.2) is 5.78 Å². The van der Waals surface area contributed by atoms with Gasteiger partial charge in [-0.25, -0.2) is 9.13 Å². The lowest BCUT2D eigenvalue weighted by atomic mass is 10.1. The first-order valence-electron chi connectivity index (χ1n) is 7.77. The number of nitrogens with zero attached hydrogens (tertiary/aromatic N) is 2. The molecule has 0 aliphatic heterocycles. The number of anilines is 1. The van der Waals surface area contributed by atoms with E-state index in [1.165, 1.54) is 0 Å². The SMILES string of the molecule is COc1ccc(C(=O)C[n+]2cc(-c3ccc(Br)cc3)n(C)c2N)cc1. The van der Waals surface area contributed by atoms with Crippen LogP contribution in [0.5, 0.6) is 5.75 Å². The highest BCUT2D eigenvalue weighted by Gasteiger charge is 2.20. The van der Waals surface area contributed by atoms with E-state index >= 15 is 0 Å². The molecule has 0 atom stereocenters. The number of ether oxygens (including phenoxy) is 1. The van der Waals surface area contributed by atoms with Gasteiger partial charge in [0.1, 0.15) is 24.2 Å². The van der Waals surface area contributed by atoms with Gasteiger partial charge >= 0.3 is 5.95 Å². The fraction of sp³-hybridized carbons (Fsp3) is 0.158. The van der Waals surface area contributed by atoms with Crippen molar-refractivity contribution in [1.82, 2.24) is 4.57 Å². The monoisotopic (exact) mass is 400 g/mol. The average molecular weight is 401 g/mol. The molecule has 0 unspecified atom stereocenters. The Labute approximate surface area is 154 Å². The number of carbonyl (C=O) groups excluding carboxylic acids is 1. The third kappa shape index (κ3) is 3.58. The number of nitrogen functional groups attached to an aromatic ring is 1. The zero-order chi connectivity index (χ0) is 18.0. The predicted molar refractivity (Wildman–Crippen MR) is 100 cm³/mol. The fourth-order valence-corrected chi connectivity index (χ4v) is 2.92. The highest BCUT2D eigenvalue weighted by Crippen LogP contribution is 2.22. The van der Waals surface area contributed by atoms with Crippen molar-refractivity contribution in [2.24, 2.45) is 7.05 Å². The van der Waals surface area contributed by atoms with Gasteiger partial charge in [0, 0.05) is 15.6 Å². The molecule has 0 bridgehead atoms. The number of Topliss-reactive ketones (excluding diaryl/α,β-unsaturated/α-hetero) is 1. The van der Waals surface area contributed by atoms with Gasteiger partial charge in [0.05, 0.1) is 14.2 Å². The second kappa shape index (κ2) is 7.11. The summed E-state index contributed by atoms with van der Waals surface area (Å²) in [5.41, 5.74) is 8.80. The molecule has 3 rings (SSSR count). The Bertz CT molecular complexity index is 900. The van der Waals surface area contributed by atoms with Crippen LogP contribution in [0.15, 0.2) is 59.2 Å². The largest absolute Gasteiger partial charge is 0.497 e. The Hall–Kier alpha value is -2.60. The number of aromatic nitrogens is 2. The minimum Gasteiger partial charge on any atom is -0.497 e. The molecule has 0 aliphatic carbocycles. The number of carbonyl (C=O) groups is 1. The minimum absolute atomic E-state index is 0.00712. The molecule has 2 N–H and O–H groups in total. The predicted octanol–water partition coefficient (Wildman–Crippen LogP) is 3.22. The molecule has 0 radical (unpaired) electrons. The lowest BCUT2D eigenvalue weighted by molar-refractivity contribution is -0.667. The van der Waals surface area contributed by atoms with Crippen molar-refractivity contribution in [2.45, 2.75) is 6.54 Å². The summed E-state index contributed by atoms with van der Waals surface area (Å²) < 4.78 is 9.78. The van der Waals surface area contributed by atoms with Gasteiger partial charge in [-0.2, -0.15) is 0 Å². The zero-order valence-electron chi connectivity index (χ0n) is 14.1. The Morgan fingerprint density at radius 3 is 2.40 bits per heavy atom. The van der Waals surface area contributed by atoms with Crippen LogP contribution in [0.25, 0.3) is 11.3 Å². The Kier molecular flexibility index (Phi) is 4.90. The maximum absolute atomic E-state index is 12.5. The van der Waals surface area contributed by atoms with Gasteiger partial charge in [0.25, 0.3) is 0 Å². The molecule has 0 fully saturated rings. The summed E-state index contributed by atoms with van der Waals surface area (Å²) in [6.07, 6.45) is 1.90. The van der Waals surface area contributed by atoms with Crippen LogP contribution >= 0.6 is 15.9 Å². The second-order valence-corrected chi connectivity index (χ2v) is 6.63. The van der Waals surface area contributed by atoms with Crippen molar-refractivity contribution < 1.29 is 14.1 Å². The number of nitrogens with two attached hydrogens (primary N) is 1. The summed E-state index contributed by atoms with van der Waals surface area (Å²) in [7, 11) is 3.49. The normalized spacial score (nSPS) is 10.7. The minimum atomic E-state index is -0.00712. The van der Waals surface area contributed by atoms with E-state index in [0.717, 1.165) is 21.5 Å². The van der Waals surface area contributed by atoms with E-state index in [1.807, 2.05) is 42.1 Å². The smallest absolute Gasteiger partial charge is 0.355 e. The van der Waals surface area contributed by atoms with E-state index in [1.54, 1.807) is 35.9 Å². The number of rotatable bonds is 5. The molecule has 3 aromatic rings. The van der Waals surface area contributed by atoms with Gasteiger partial charge in [0.2, 0.25) is 0 Å². The molecule has 128 valence electrons. The number of hydrogen-bond acceptors (Lipinski definition) is 3. The summed E-state index contributed by atoms with van der Waals surface area (Å²) in [5, 5.41) is 0. The van der Waals surface area contributed by atoms with Gasteiger partial charge in [-0.05, 0) is 36.4 Å². The summed E-state index contributed by atoms with van der Waals surface area (Å²) in [6.45, 7) is 0.183. The molecular formula is C19H19BrN3O2+. The van der Waals surface area contributed by atoms with Crippen molar-refractivity contribution in [3.05, 3.63) is 64.8 Å². The Balaban J connectivity index is 1.86. The molecule has 0 amide bonds. The van der Waals surface area contributed by atoms with Crippen LogP contribution in [0.1, 0.15) is 10.4 Å². The molecule has 6 heteroatoms. The second-order valence-electron chi connectivity index (χ2n) is 5.72. The van der Waals surface area contributed by atoms with Crippen LogP contribution in [0.3, 0.4) is 0 Å². The molecule has 0 spiro atoms.